The van der Waals surface area contributed by atoms with Gasteiger partial charge >= 0.3 is 5.97 Å². The van der Waals surface area contributed by atoms with Crippen molar-refractivity contribution in [3.63, 3.8) is 0 Å². The molecule has 112 valence electrons. The second-order valence-electron chi connectivity index (χ2n) is 5.84. The molecule has 0 fully saturated rings. The van der Waals surface area contributed by atoms with Gasteiger partial charge in [0, 0.05) is 22.8 Å². The molecule has 1 aromatic carbocycles. The largest absolute Gasteiger partial charge is 0.478 e. The molecule has 4 heteroatoms. The van der Waals surface area contributed by atoms with E-state index in [2.05, 4.69) is 0 Å². The second-order valence-corrected chi connectivity index (χ2v) is 5.84. The first-order valence-electron chi connectivity index (χ1n) is 7.01. The molecule has 0 saturated heterocycles. The molecule has 0 aliphatic rings. The number of benzene rings is 1. The van der Waals surface area contributed by atoms with Gasteiger partial charge in [-0.25, -0.2) is 9.18 Å². The Bertz CT molecular complexity index is 847. The van der Waals surface area contributed by atoms with Crippen LogP contribution in [0.2, 0.25) is 0 Å². The molecule has 2 aromatic heterocycles. The standard InChI is InChI=1S/C18H16FNO2/c1-18(2,12-6-8-13(19)9-7-12)16-15(17(21)22)11-14-5-3-4-10-20(14)16/h3-11H,1-2H3,(H,21,22). The van der Waals surface area contributed by atoms with Crippen LogP contribution < -0.4 is 0 Å². The Hall–Kier alpha value is -2.62. The maximum absolute atomic E-state index is 13.2. The Morgan fingerprint density at radius 1 is 1.14 bits per heavy atom. The van der Waals surface area contributed by atoms with E-state index in [1.54, 1.807) is 18.2 Å². The molecule has 1 N–H and O–H groups in total. The van der Waals surface area contributed by atoms with E-state index in [4.69, 9.17) is 0 Å². The summed E-state index contributed by atoms with van der Waals surface area (Å²) < 4.78 is 15.1. The average molecular weight is 297 g/mol. The van der Waals surface area contributed by atoms with Gasteiger partial charge in [-0.15, -0.1) is 0 Å². The quantitative estimate of drug-likeness (QED) is 0.790. The Morgan fingerprint density at radius 3 is 2.45 bits per heavy atom. The second kappa shape index (κ2) is 4.98. The van der Waals surface area contributed by atoms with Gasteiger partial charge in [0.1, 0.15) is 5.82 Å². The van der Waals surface area contributed by atoms with Crippen LogP contribution in [0.25, 0.3) is 5.52 Å². The number of pyridine rings is 1. The van der Waals surface area contributed by atoms with Gasteiger partial charge in [-0.05, 0) is 35.9 Å². The van der Waals surface area contributed by atoms with Gasteiger partial charge in [-0.3, -0.25) is 0 Å². The first kappa shape index (κ1) is 14.3. The van der Waals surface area contributed by atoms with Crippen molar-refractivity contribution in [3.05, 3.63) is 77.4 Å². The molecule has 3 nitrogen and oxygen atoms in total. The van der Waals surface area contributed by atoms with E-state index in [0.717, 1.165) is 11.1 Å². The van der Waals surface area contributed by atoms with Gasteiger partial charge in [0.2, 0.25) is 0 Å². The Morgan fingerprint density at radius 2 is 1.82 bits per heavy atom. The zero-order chi connectivity index (χ0) is 15.9. The lowest BCUT2D eigenvalue weighted by Gasteiger charge is -2.26. The number of aromatic nitrogens is 1. The van der Waals surface area contributed by atoms with E-state index in [1.165, 1.54) is 12.1 Å². The first-order chi connectivity index (χ1) is 10.4. The highest BCUT2D eigenvalue weighted by Gasteiger charge is 2.31. The van der Waals surface area contributed by atoms with Crippen molar-refractivity contribution in [2.24, 2.45) is 0 Å². The summed E-state index contributed by atoms with van der Waals surface area (Å²) in [5, 5.41) is 9.55. The number of halogens is 1. The number of fused-ring (bicyclic) bond motifs is 1. The van der Waals surface area contributed by atoms with Crippen molar-refractivity contribution in [2.75, 3.05) is 0 Å². The monoisotopic (exact) mass is 297 g/mol. The van der Waals surface area contributed by atoms with E-state index in [9.17, 15) is 14.3 Å². The molecule has 3 aromatic rings. The van der Waals surface area contributed by atoms with E-state index < -0.39 is 11.4 Å². The lowest BCUT2D eigenvalue weighted by molar-refractivity contribution is 0.0694. The third-order valence-electron chi connectivity index (χ3n) is 4.07. The Labute approximate surface area is 127 Å². The van der Waals surface area contributed by atoms with Crippen molar-refractivity contribution in [2.45, 2.75) is 19.3 Å². The van der Waals surface area contributed by atoms with Crippen LogP contribution in [0.1, 0.15) is 35.5 Å². The molecule has 0 bridgehead atoms. The summed E-state index contributed by atoms with van der Waals surface area (Å²) in [6.45, 7) is 3.89. The Kier molecular flexibility index (Phi) is 3.24. The maximum Gasteiger partial charge on any atom is 0.337 e. The summed E-state index contributed by atoms with van der Waals surface area (Å²) in [7, 11) is 0. The smallest absolute Gasteiger partial charge is 0.337 e. The minimum Gasteiger partial charge on any atom is -0.478 e. The number of hydrogen-bond acceptors (Lipinski definition) is 1. The molecule has 0 saturated carbocycles. The highest BCUT2D eigenvalue weighted by atomic mass is 19.1. The zero-order valence-corrected chi connectivity index (χ0v) is 12.4. The third-order valence-corrected chi connectivity index (χ3v) is 4.07. The van der Waals surface area contributed by atoms with Gasteiger partial charge in [-0.2, -0.15) is 0 Å². The lowest BCUT2D eigenvalue weighted by atomic mass is 9.80. The predicted octanol–water partition coefficient (Wildman–Crippen LogP) is 4.10. The maximum atomic E-state index is 13.2. The number of hydrogen-bond donors (Lipinski definition) is 1. The average Bonchev–Trinajstić information content (AvgIpc) is 2.88. The Balaban J connectivity index is 2.29. The van der Waals surface area contributed by atoms with Crippen molar-refractivity contribution in [3.8, 4) is 0 Å². The molecular weight excluding hydrogens is 281 g/mol. The van der Waals surface area contributed by atoms with Crippen LogP contribution in [0.4, 0.5) is 4.39 Å². The summed E-state index contributed by atoms with van der Waals surface area (Å²) in [5.74, 6) is -1.27. The van der Waals surface area contributed by atoms with Crippen molar-refractivity contribution in [1.82, 2.24) is 4.40 Å². The molecule has 0 atom stereocenters. The highest BCUT2D eigenvalue weighted by molar-refractivity contribution is 5.92. The molecular formula is C18H16FNO2. The molecule has 2 heterocycles. The van der Waals surface area contributed by atoms with Gasteiger partial charge < -0.3 is 9.51 Å². The fourth-order valence-corrected chi connectivity index (χ4v) is 2.93. The molecule has 0 amide bonds. The van der Waals surface area contributed by atoms with Gasteiger partial charge in [0.15, 0.2) is 0 Å². The van der Waals surface area contributed by atoms with Gasteiger partial charge in [-0.1, -0.05) is 32.0 Å². The SMILES string of the molecule is CC(C)(c1ccc(F)cc1)c1c(C(=O)O)cc2ccccn12. The van der Waals surface area contributed by atoms with Crippen LogP contribution in [-0.2, 0) is 5.41 Å². The minimum absolute atomic E-state index is 0.264. The fraction of sp³-hybridized carbons (Fsp3) is 0.167. The fourth-order valence-electron chi connectivity index (χ4n) is 2.93. The lowest BCUT2D eigenvalue weighted by Crippen LogP contribution is -2.24. The number of carbonyl (C=O) groups is 1. The molecule has 22 heavy (non-hydrogen) atoms. The summed E-state index contributed by atoms with van der Waals surface area (Å²) >= 11 is 0. The zero-order valence-electron chi connectivity index (χ0n) is 12.4. The number of carboxylic acids is 1. The van der Waals surface area contributed by atoms with Crippen LogP contribution in [0.3, 0.4) is 0 Å². The normalized spacial score (nSPS) is 11.8. The van der Waals surface area contributed by atoms with Gasteiger partial charge in [0.25, 0.3) is 0 Å². The predicted molar refractivity (Wildman–Crippen MR) is 82.9 cm³/mol. The summed E-state index contributed by atoms with van der Waals surface area (Å²) in [6.07, 6.45) is 1.85. The molecule has 0 aliphatic carbocycles. The minimum atomic E-state index is -0.964. The molecule has 0 radical (unpaired) electrons. The number of aromatic carboxylic acids is 1. The van der Waals surface area contributed by atoms with Crippen LogP contribution in [0, 0.1) is 5.82 Å². The molecule has 0 unspecified atom stereocenters. The van der Waals surface area contributed by atoms with Crippen LogP contribution >= 0.6 is 0 Å². The first-order valence-corrected chi connectivity index (χ1v) is 7.01. The van der Waals surface area contributed by atoms with E-state index in [1.807, 2.05) is 42.6 Å². The number of carboxylic acid groups (broad SMARTS) is 1. The van der Waals surface area contributed by atoms with Crippen molar-refractivity contribution in [1.29, 1.82) is 0 Å². The molecule has 3 rings (SSSR count). The van der Waals surface area contributed by atoms with E-state index in [-0.39, 0.29) is 11.4 Å². The summed E-state index contributed by atoms with van der Waals surface area (Å²) in [6, 6.07) is 13.5. The third kappa shape index (κ3) is 2.17. The summed E-state index contributed by atoms with van der Waals surface area (Å²) in [4.78, 5) is 11.7. The van der Waals surface area contributed by atoms with Crippen molar-refractivity contribution >= 4 is 11.5 Å². The topological polar surface area (TPSA) is 41.7 Å². The molecule has 0 spiro atoms. The van der Waals surface area contributed by atoms with E-state index in [0.29, 0.717) is 5.69 Å². The number of nitrogens with zero attached hydrogens (tertiary/aromatic N) is 1. The van der Waals surface area contributed by atoms with Crippen LogP contribution in [-0.4, -0.2) is 15.5 Å². The van der Waals surface area contributed by atoms with Gasteiger partial charge in [0.05, 0.1) is 5.56 Å². The highest BCUT2D eigenvalue weighted by Crippen LogP contribution is 2.35. The summed E-state index contributed by atoms with van der Waals surface area (Å²) in [5.41, 5.74) is 2.06. The van der Waals surface area contributed by atoms with Crippen molar-refractivity contribution < 1.29 is 14.3 Å². The van der Waals surface area contributed by atoms with Crippen LogP contribution in [0.15, 0.2) is 54.7 Å². The van der Waals surface area contributed by atoms with Crippen LogP contribution in [0.5, 0.6) is 0 Å². The number of rotatable bonds is 3. The van der Waals surface area contributed by atoms with E-state index >= 15 is 0 Å². The molecule has 0 aliphatic heterocycles.